The van der Waals surface area contributed by atoms with E-state index >= 15 is 0 Å². The second kappa shape index (κ2) is 8.57. The van der Waals surface area contributed by atoms with Crippen molar-refractivity contribution in [3.63, 3.8) is 0 Å². The molecule has 0 saturated heterocycles. The van der Waals surface area contributed by atoms with Crippen LogP contribution in [0.3, 0.4) is 0 Å². The molecule has 1 aromatic heterocycles. The summed E-state index contributed by atoms with van der Waals surface area (Å²) in [4.78, 5) is 6.60. The first-order valence-corrected chi connectivity index (χ1v) is 9.70. The topological polar surface area (TPSA) is 73.3 Å². The molecule has 4 aromatic rings. The number of nitrogens with zero attached hydrogens (tertiary/aromatic N) is 2. The fraction of sp³-hybridized carbons (Fsp3) is 0.208. The summed E-state index contributed by atoms with van der Waals surface area (Å²) in [5, 5.41) is 12.0. The van der Waals surface area contributed by atoms with E-state index in [1.54, 1.807) is 33.3 Å². The molecule has 0 amide bonds. The largest absolute Gasteiger partial charge is 0.493 e. The van der Waals surface area contributed by atoms with Gasteiger partial charge in [-0.1, -0.05) is 18.2 Å². The number of hydrogen-bond donors (Lipinski definition) is 1. The predicted octanol–water partition coefficient (Wildman–Crippen LogP) is 4.51. The SMILES string of the molecule is COc1cc2cc3c(N(CO)c4ccccc4)c(OC)c(OC)cc3nc2cc1OC. The summed E-state index contributed by atoms with van der Waals surface area (Å²) < 4.78 is 22.2. The summed E-state index contributed by atoms with van der Waals surface area (Å²) in [5.74, 6) is 2.24. The molecule has 0 aliphatic carbocycles. The van der Waals surface area contributed by atoms with Crippen molar-refractivity contribution in [1.29, 1.82) is 0 Å². The molecule has 0 aliphatic heterocycles. The maximum Gasteiger partial charge on any atom is 0.185 e. The average Bonchev–Trinajstić information content (AvgIpc) is 2.82. The molecule has 0 radical (unpaired) electrons. The number of methoxy groups -OCH3 is 4. The lowest BCUT2D eigenvalue weighted by Gasteiger charge is -2.27. The maximum absolute atomic E-state index is 10.3. The Hall–Kier alpha value is -3.71. The van der Waals surface area contributed by atoms with Crippen molar-refractivity contribution in [1.82, 2.24) is 4.98 Å². The van der Waals surface area contributed by atoms with E-state index in [-0.39, 0.29) is 6.73 Å². The summed E-state index contributed by atoms with van der Waals surface area (Å²) >= 11 is 0. The van der Waals surface area contributed by atoms with E-state index in [2.05, 4.69) is 0 Å². The lowest BCUT2D eigenvalue weighted by atomic mass is 10.1. The van der Waals surface area contributed by atoms with Crippen LogP contribution in [0.25, 0.3) is 21.8 Å². The van der Waals surface area contributed by atoms with Crippen LogP contribution in [0.15, 0.2) is 54.6 Å². The van der Waals surface area contributed by atoms with Gasteiger partial charge in [0.15, 0.2) is 23.0 Å². The second-order valence-electron chi connectivity index (χ2n) is 6.82. The fourth-order valence-corrected chi connectivity index (χ4v) is 3.75. The van der Waals surface area contributed by atoms with E-state index in [4.69, 9.17) is 23.9 Å². The third-order valence-corrected chi connectivity index (χ3v) is 5.21. The number of ether oxygens (including phenoxy) is 4. The number of aromatic nitrogens is 1. The first-order valence-electron chi connectivity index (χ1n) is 9.70. The van der Waals surface area contributed by atoms with Crippen LogP contribution < -0.4 is 23.8 Å². The number of aliphatic hydroxyl groups excluding tert-OH is 1. The number of hydrogen-bond acceptors (Lipinski definition) is 7. The molecule has 0 fully saturated rings. The Kier molecular flexibility index (Phi) is 5.68. The van der Waals surface area contributed by atoms with Crippen molar-refractivity contribution < 1.29 is 24.1 Å². The zero-order chi connectivity index (χ0) is 22.0. The highest BCUT2D eigenvalue weighted by molar-refractivity contribution is 6.05. The third-order valence-electron chi connectivity index (χ3n) is 5.21. The Morgan fingerprint density at radius 3 is 2.03 bits per heavy atom. The van der Waals surface area contributed by atoms with Crippen LogP contribution in [0.2, 0.25) is 0 Å². The van der Waals surface area contributed by atoms with Crippen LogP contribution in [-0.4, -0.2) is 45.3 Å². The minimum Gasteiger partial charge on any atom is -0.493 e. The van der Waals surface area contributed by atoms with E-state index in [0.29, 0.717) is 34.2 Å². The van der Waals surface area contributed by atoms with Gasteiger partial charge in [-0.15, -0.1) is 0 Å². The van der Waals surface area contributed by atoms with Crippen LogP contribution >= 0.6 is 0 Å². The van der Waals surface area contributed by atoms with Gasteiger partial charge in [-0.2, -0.15) is 0 Å². The van der Waals surface area contributed by atoms with Crippen molar-refractivity contribution in [3.8, 4) is 23.0 Å². The Balaban J connectivity index is 2.09. The molecule has 0 unspecified atom stereocenters. The molecule has 0 aliphatic rings. The van der Waals surface area contributed by atoms with Crippen molar-refractivity contribution in [2.45, 2.75) is 0 Å². The molecule has 1 N–H and O–H groups in total. The zero-order valence-electron chi connectivity index (χ0n) is 17.9. The summed E-state index contributed by atoms with van der Waals surface area (Å²) in [5.41, 5.74) is 2.92. The smallest absolute Gasteiger partial charge is 0.185 e. The number of pyridine rings is 1. The zero-order valence-corrected chi connectivity index (χ0v) is 17.9. The number of fused-ring (bicyclic) bond motifs is 2. The summed E-state index contributed by atoms with van der Waals surface area (Å²) in [6.07, 6.45) is 0. The normalized spacial score (nSPS) is 10.9. The van der Waals surface area contributed by atoms with Gasteiger partial charge in [0.05, 0.1) is 45.2 Å². The van der Waals surface area contributed by atoms with Crippen molar-refractivity contribution >= 4 is 33.2 Å². The van der Waals surface area contributed by atoms with E-state index in [0.717, 1.165) is 22.0 Å². The molecular formula is C24H24N2O5. The van der Waals surface area contributed by atoms with Gasteiger partial charge in [0, 0.05) is 28.6 Å². The fourth-order valence-electron chi connectivity index (χ4n) is 3.75. The van der Waals surface area contributed by atoms with Crippen molar-refractivity contribution in [2.24, 2.45) is 0 Å². The molecular weight excluding hydrogens is 396 g/mol. The Morgan fingerprint density at radius 2 is 1.42 bits per heavy atom. The maximum atomic E-state index is 10.3. The van der Waals surface area contributed by atoms with E-state index in [9.17, 15) is 5.11 Å². The molecule has 3 aromatic carbocycles. The molecule has 4 rings (SSSR count). The van der Waals surface area contributed by atoms with Gasteiger partial charge in [-0.05, 0) is 24.3 Å². The van der Waals surface area contributed by atoms with Crippen LogP contribution in [0.1, 0.15) is 0 Å². The van der Waals surface area contributed by atoms with Crippen LogP contribution in [-0.2, 0) is 0 Å². The Labute approximate surface area is 180 Å². The molecule has 0 atom stereocenters. The number of aliphatic hydroxyl groups is 1. The van der Waals surface area contributed by atoms with Gasteiger partial charge < -0.3 is 29.0 Å². The quantitative estimate of drug-likeness (QED) is 0.348. The van der Waals surface area contributed by atoms with Crippen LogP contribution in [0.5, 0.6) is 23.0 Å². The summed E-state index contributed by atoms with van der Waals surface area (Å²) in [6, 6.07) is 17.1. The third kappa shape index (κ3) is 3.53. The molecule has 1 heterocycles. The van der Waals surface area contributed by atoms with E-state index < -0.39 is 0 Å². The number of benzene rings is 3. The second-order valence-corrected chi connectivity index (χ2v) is 6.82. The lowest BCUT2D eigenvalue weighted by molar-refractivity contribution is 0.302. The van der Waals surface area contributed by atoms with Crippen LogP contribution in [0, 0.1) is 0 Å². The molecule has 0 bridgehead atoms. The van der Waals surface area contributed by atoms with Gasteiger partial charge >= 0.3 is 0 Å². The van der Waals surface area contributed by atoms with Gasteiger partial charge in [0.2, 0.25) is 0 Å². The highest BCUT2D eigenvalue weighted by Crippen LogP contribution is 2.46. The van der Waals surface area contributed by atoms with Crippen molar-refractivity contribution in [2.75, 3.05) is 40.1 Å². The summed E-state index contributed by atoms with van der Waals surface area (Å²) in [6.45, 7) is -0.257. The molecule has 0 saturated carbocycles. The minimum absolute atomic E-state index is 0.257. The van der Waals surface area contributed by atoms with Crippen LogP contribution in [0.4, 0.5) is 11.4 Å². The molecule has 7 nitrogen and oxygen atoms in total. The van der Waals surface area contributed by atoms with Crippen molar-refractivity contribution in [3.05, 3.63) is 54.6 Å². The number of para-hydroxylation sites is 1. The van der Waals surface area contributed by atoms with Gasteiger partial charge in [-0.3, -0.25) is 0 Å². The Bertz CT molecular complexity index is 1230. The van der Waals surface area contributed by atoms with Gasteiger partial charge in [0.1, 0.15) is 6.73 Å². The first-order chi connectivity index (χ1) is 15.1. The van der Waals surface area contributed by atoms with Gasteiger partial charge in [-0.25, -0.2) is 4.98 Å². The highest BCUT2D eigenvalue weighted by atomic mass is 16.5. The first kappa shape index (κ1) is 20.6. The monoisotopic (exact) mass is 420 g/mol. The Morgan fingerprint density at radius 1 is 0.774 bits per heavy atom. The number of anilines is 2. The lowest BCUT2D eigenvalue weighted by Crippen LogP contribution is -2.19. The number of rotatable bonds is 7. The minimum atomic E-state index is -0.257. The highest BCUT2D eigenvalue weighted by Gasteiger charge is 2.23. The van der Waals surface area contributed by atoms with E-state index in [1.165, 1.54) is 0 Å². The predicted molar refractivity (Wildman–Crippen MR) is 121 cm³/mol. The molecule has 0 spiro atoms. The molecule has 7 heteroatoms. The average molecular weight is 420 g/mol. The van der Waals surface area contributed by atoms with E-state index in [1.807, 2.05) is 54.6 Å². The van der Waals surface area contributed by atoms with Gasteiger partial charge in [0.25, 0.3) is 0 Å². The summed E-state index contributed by atoms with van der Waals surface area (Å²) in [7, 11) is 6.35. The molecule has 31 heavy (non-hydrogen) atoms. The molecule has 160 valence electrons. The standard InChI is InChI=1S/C24H24N2O5/c1-28-20-11-15-10-17-19(25-18(15)12-21(20)29-2)13-22(30-3)24(31-4)23(17)26(14-27)16-8-6-5-7-9-16/h5-13,27H,14H2,1-4H3.